The van der Waals surface area contributed by atoms with Crippen molar-refractivity contribution in [2.75, 3.05) is 5.32 Å². The van der Waals surface area contributed by atoms with Gasteiger partial charge in [-0.1, -0.05) is 30.3 Å². The van der Waals surface area contributed by atoms with Gasteiger partial charge < -0.3 is 10.4 Å². The van der Waals surface area contributed by atoms with Gasteiger partial charge in [-0.2, -0.15) is 5.10 Å². The maximum absolute atomic E-state index is 15.4. The average Bonchev–Trinajstić information content (AvgIpc) is 3.17. The zero-order valence-corrected chi connectivity index (χ0v) is 18.8. The normalized spacial score (nSPS) is 11.1. The van der Waals surface area contributed by atoms with Crippen molar-refractivity contribution in [3.63, 3.8) is 0 Å². The molecule has 9 heteroatoms. The van der Waals surface area contributed by atoms with Crippen molar-refractivity contribution in [2.24, 2.45) is 0 Å². The Morgan fingerprint density at radius 2 is 1.69 bits per heavy atom. The third-order valence-electron chi connectivity index (χ3n) is 5.73. The van der Waals surface area contributed by atoms with Crippen LogP contribution in [0.25, 0.3) is 27.8 Å². The lowest BCUT2D eigenvalue weighted by Crippen LogP contribution is -2.08. The van der Waals surface area contributed by atoms with Crippen LogP contribution in [-0.4, -0.2) is 30.8 Å². The number of para-hydroxylation sites is 2. The molecule has 0 aliphatic carbocycles. The molecule has 0 amide bonds. The molecule has 2 heterocycles. The van der Waals surface area contributed by atoms with E-state index in [0.717, 1.165) is 5.56 Å². The van der Waals surface area contributed by atoms with Crippen molar-refractivity contribution in [3.8, 4) is 16.8 Å². The van der Waals surface area contributed by atoms with Crippen molar-refractivity contribution in [3.05, 3.63) is 95.4 Å². The molecule has 0 aliphatic heterocycles. The van der Waals surface area contributed by atoms with Crippen LogP contribution in [0, 0.1) is 25.5 Å². The predicted octanol–water partition coefficient (Wildman–Crippen LogP) is 5.82. The summed E-state index contributed by atoms with van der Waals surface area (Å²) in [4.78, 5) is 19.9. The molecule has 0 saturated heterocycles. The molecule has 2 N–H and O–H groups in total. The number of anilines is 2. The van der Waals surface area contributed by atoms with Crippen LogP contribution in [0.5, 0.6) is 0 Å². The van der Waals surface area contributed by atoms with E-state index in [1.54, 1.807) is 29.8 Å². The minimum Gasteiger partial charge on any atom is -0.478 e. The molecule has 3 aromatic carbocycles. The van der Waals surface area contributed by atoms with Gasteiger partial charge in [0.2, 0.25) is 0 Å². The summed E-state index contributed by atoms with van der Waals surface area (Å²) in [5.41, 5.74) is 2.49. The maximum atomic E-state index is 15.4. The summed E-state index contributed by atoms with van der Waals surface area (Å²) in [6.07, 6.45) is 2.69. The largest absolute Gasteiger partial charge is 0.478 e. The quantitative estimate of drug-likeness (QED) is 0.336. The second-order valence-corrected chi connectivity index (χ2v) is 7.96. The molecule has 174 valence electrons. The Kier molecular flexibility index (Phi) is 5.44. The first-order chi connectivity index (χ1) is 16.9. The van der Waals surface area contributed by atoms with Crippen LogP contribution in [0.1, 0.15) is 21.6 Å². The van der Waals surface area contributed by atoms with E-state index in [2.05, 4.69) is 20.4 Å². The number of nitrogens with zero attached hydrogens (tertiary/aromatic N) is 4. The minimum atomic E-state index is -1.13. The fourth-order valence-corrected chi connectivity index (χ4v) is 4.07. The molecule has 0 atom stereocenters. The number of benzene rings is 3. The summed E-state index contributed by atoms with van der Waals surface area (Å²) in [6, 6.07) is 15.2. The van der Waals surface area contributed by atoms with Crippen molar-refractivity contribution in [1.29, 1.82) is 0 Å². The Morgan fingerprint density at radius 1 is 0.971 bits per heavy atom. The van der Waals surface area contributed by atoms with E-state index in [-0.39, 0.29) is 39.2 Å². The van der Waals surface area contributed by atoms with Crippen molar-refractivity contribution < 1.29 is 18.7 Å². The van der Waals surface area contributed by atoms with Crippen LogP contribution in [0.3, 0.4) is 0 Å². The first kappa shape index (κ1) is 22.1. The monoisotopic (exact) mass is 471 g/mol. The van der Waals surface area contributed by atoms with E-state index in [1.807, 2.05) is 31.2 Å². The fourth-order valence-electron chi connectivity index (χ4n) is 4.07. The van der Waals surface area contributed by atoms with Gasteiger partial charge in [-0.3, -0.25) is 4.98 Å². The number of nitrogens with one attached hydrogen (secondary N) is 1. The number of rotatable bonds is 5. The lowest BCUT2D eigenvalue weighted by Gasteiger charge is -2.16. The van der Waals surface area contributed by atoms with Crippen LogP contribution in [0.4, 0.5) is 20.3 Å². The number of aryl methyl sites for hydroxylation is 2. The summed E-state index contributed by atoms with van der Waals surface area (Å²) >= 11 is 0. The van der Waals surface area contributed by atoms with Crippen molar-refractivity contribution in [2.45, 2.75) is 13.8 Å². The molecule has 7 nitrogen and oxygen atoms in total. The summed E-state index contributed by atoms with van der Waals surface area (Å²) in [7, 11) is 0. The molecule has 0 saturated carbocycles. The Labute approximate surface area is 198 Å². The van der Waals surface area contributed by atoms with Crippen molar-refractivity contribution in [1.82, 2.24) is 19.7 Å². The van der Waals surface area contributed by atoms with E-state index < -0.39 is 17.6 Å². The molecule has 0 spiro atoms. The third kappa shape index (κ3) is 3.76. The highest BCUT2D eigenvalue weighted by atomic mass is 19.2. The topological polar surface area (TPSA) is 92.9 Å². The van der Waals surface area contributed by atoms with Crippen LogP contribution >= 0.6 is 0 Å². The van der Waals surface area contributed by atoms with E-state index in [4.69, 9.17) is 0 Å². The molecule has 0 bridgehead atoms. The number of hydrogen-bond donors (Lipinski definition) is 2. The number of carbonyl (C=O) groups is 1. The average molecular weight is 471 g/mol. The highest BCUT2D eigenvalue weighted by molar-refractivity contribution is 5.96. The Morgan fingerprint density at radius 3 is 2.46 bits per heavy atom. The molecule has 0 aliphatic rings. The van der Waals surface area contributed by atoms with Crippen LogP contribution in [-0.2, 0) is 0 Å². The van der Waals surface area contributed by atoms with Crippen LogP contribution < -0.4 is 5.32 Å². The summed E-state index contributed by atoms with van der Waals surface area (Å²) < 4.78 is 32.0. The molecular weight excluding hydrogens is 452 g/mol. The lowest BCUT2D eigenvalue weighted by atomic mass is 10.0. The van der Waals surface area contributed by atoms with Gasteiger partial charge >= 0.3 is 5.97 Å². The SMILES string of the molecule is Cc1ccccc1-n1nc(C)c(-c2cc3nccnc3c(F)c2F)c1Nc1ccccc1C(=O)O. The second-order valence-electron chi connectivity index (χ2n) is 7.96. The molecule has 0 unspecified atom stereocenters. The number of aromatic nitrogens is 4. The molecular formula is C26H19F2N5O2. The first-order valence-electron chi connectivity index (χ1n) is 10.7. The molecule has 5 aromatic rings. The van der Waals surface area contributed by atoms with Crippen LogP contribution in [0.15, 0.2) is 67.0 Å². The number of fused-ring (bicyclic) bond motifs is 1. The molecule has 35 heavy (non-hydrogen) atoms. The van der Waals surface area contributed by atoms with Gasteiger partial charge in [-0.05, 0) is 43.7 Å². The number of aromatic carboxylic acids is 1. The summed E-state index contributed by atoms with van der Waals surface area (Å²) in [5, 5.41) is 17.4. The van der Waals surface area contributed by atoms with E-state index in [1.165, 1.54) is 24.5 Å². The Hall–Kier alpha value is -4.66. The number of carboxylic acids is 1. The second kappa shape index (κ2) is 8.60. The van der Waals surface area contributed by atoms with Gasteiger partial charge in [-0.15, -0.1) is 0 Å². The number of halogens is 2. The van der Waals surface area contributed by atoms with Crippen LogP contribution in [0.2, 0.25) is 0 Å². The Balaban J connectivity index is 1.82. The lowest BCUT2D eigenvalue weighted by molar-refractivity contribution is 0.0698. The van der Waals surface area contributed by atoms with Crippen molar-refractivity contribution >= 4 is 28.5 Å². The van der Waals surface area contributed by atoms with Gasteiger partial charge in [0.15, 0.2) is 11.6 Å². The van der Waals surface area contributed by atoms with E-state index in [0.29, 0.717) is 11.4 Å². The molecule has 0 radical (unpaired) electrons. The van der Waals surface area contributed by atoms with Gasteiger partial charge in [0, 0.05) is 18.0 Å². The van der Waals surface area contributed by atoms with Gasteiger partial charge in [-0.25, -0.2) is 23.2 Å². The predicted molar refractivity (Wildman–Crippen MR) is 128 cm³/mol. The summed E-state index contributed by atoms with van der Waals surface area (Å²) in [6.45, 7) is 3.57. The minimum absolute atomic E-state index is 0.0182. The smallest absolute Gasteiger partial charge is 0.337 e. The standard InChI is InChI=1S/C26H19F2N5O2/c1-14-7-3-6-10-20(14)33-25(31-18-9-5-4-8-16(18)26(34)35)21(15(2)32-33)17-13-19-24(23(28)22(17)27)30-12-11-29-19/h3-13,31H,1-2H3,(H,34,35). The van der Waals surface area contributed by atoms with Gasteiger partial charge in [0.25, 0.3) is 0 Å². The highest BCUT2D eigenvalue weighted by Gasteiger charge is 2.26. The maximum Gasteiger partial charge on any atom is 0.337 e. The van der Waals surface area contributed by atoms with E-state index >= 15 is 4.39 Å². The number of carboxylic acid groups (broad SMARTS) is 1. The number of hydrogen-bond acceptors (Lipinski definition) is 5. The van der Waals surface area contributed by atoms with Gasteiger partial charge in [0.1, 0.15) is 11.3 Å². The zero-order valence-electron chi connectivity index (χ0n) is 18.8. The zero-order chi connectivity index (χ0) is 24.7. The Bertz CT molecular complexity index is 1610. The molecule has 0 fully saturated rings. The molecule has 5 rings (SSSR count). The third-order valence-corrected chi connectivity index (χ3v) is 5.73. The first-order valence-corrected chi connectivity index (χ1v) is 10.7. The fraction of sp³-hybridized carbons (Fsp3) is 0.0769. The molecule has 2 aromatic heterocycles. The highest BCUT2D eigenvalue weighted by Crippen LogP contribution is 2.39. The van der Waals surface area contributed by atoms with E-state index in [9.17, 15) is 14.3 Å². The summed E-state index contributed by atoms with van der Waals surface area (Å²) in [5.74, 6) is -3.07. The van der Waals surface area contributed by atoms with Gasteiger partial charge in [0.05, 0.1) is 33.7 Å².